The van der Waals surface area contributed by atoms with Crippen LogP contribution in [-0.2, 0) is 4.79 Å². The Kier molecular flexibility index (Phi) is 5.80. The maximum absolute atomic E-state index is 11.5. The third-order valence-electron chi connectivity index (χ3n) is 2.65. The lowest BCUT2D eigenvalue weighted by Crippen LogP contribution is -2.24. The van der Waals surface area contributed by atoms with Crippen LogP contribution in [0.2, 0.25) is 5.02 Å². The van der Waals surface area contributed by atoms with Crippen LogP contribution in [0.1, 0.15) is 11.3 Å². The molecule has 0 saturated carbocycles. The minimum Gasteiger partial charge on any atom is -0.484 e. The summed E-state index contributed by atoms with van der Waals surface area (Å²) in [7, 11) is 0. The summed E-state index contributed by atoms with van der Waals surface area (Å²) in [5.74, 6) is 0.938. The maximum Gasteiger partial charge on any atom is 0.277 e. The van der Waals surface area contributed by atoms with Gasteiger partial charge in [0.05, 0.1) is 6.26 Å². The average molecular weight is 319 g/mol. The van der Waals surface area contributed by atoms with E-state index in [-0.39, 0.29) is 12.5 Å². The number of benzene rings is 1. The van der Waals surface area contributed by atoms with Crippen LogP contribution in [0, 0.1) is 6.92 Å². The zero-order valence-electron chi connectivity index (χ0n) is 12.0. The Morgan fingerprint density at radius 3 is 3.05 bits per heavy atom. The molecule has 0 saturated heterocycles. The molecule has 0 radical (unpaired) electrons. The molecule has 1 heterocycles. The molecule has 1 N–H and O–H groups in total. The van der Waals surface area contributed by atoms with Gasteiger partial charge in [-0.1, -0.05) is 11.6 Å². The Hall–Kier alpha value is -2.53. The number of rotatable bonds is 6. The average Bonchev–Trinajstić information content (AvgIpc) is 3.01. The highest BCUT2D eigenvalue weighted by molar-refractivity contribution is 6.31. The van der Waals surface area contributed by atoms with E-state index in [4.69, 9.17) is 20.8 Å². The molecule has 1 amide bonds. The molecule has 1 aromatic carbocycles. The van der Waals surface area contributed by atoms with E-state index < -0.39 is 0 Å². The molecule has 0 atom stereocenters. The second-order valence-electron chi connectivity index (χ2n) is 4.39. The predicted octanol–water partition coefficient (Wildman–Crippen LogP) is 3.44. The van der Waals surface area contributed by atoms with E-state index in [2.05, 4.69) is 10.5 Å². The van der Waals surface area contributed by atoms with Gasteiger partial charge in [-0.05, 0) is 55.0 Å². The van der Waals surface area contributed by atoms with Gasteiger partial charge in [0.2, 0.25) is 0 Å². The molecule has 0 bridgehead atoms. The summed E-state index contributed by atoms with van der Waals surface area (Å²) in [6.45, 7) is 1.74. The van der Waals surface area contributed by atoms with Gasteiger partial charge >= 0.3 is 0 Å². The molecule has 0 aliphatic carbocycles. The molecule has 0 unspecified atom stereocenters. The van der Waals surface area contributed by atoms with Crippen molar-refractivity contribution < 1.29 is 13.9 Å². The molecule has 2 aromatic rings. The van der Waals surface area contributed by atoms with Crippen molar-refractivity contribution in [1.29, 1.82) is 0 Å². The Morgan fingerprint density at radius 2 is 2.32 bits per heavy atom. The van der Waals surface area contributed by atoms with E-state index in [1.165, 1.54) is 6.21 Å². The van der Waals surface area contributed by atoms with Crippen molar-refractivity contribution in [3.63, 3.8) is 0 Å². The van der Waals surface area contributed by atoms with E-state index in [1.807, 2.05) is 13.0 Å². The van der Waals surface area contributed by atoms with Crippen LogP contribution in [-0.4, -0.2) is 18.7 Å². The van der Waals surface area contributed by atoms with Gasteiger partial charge in [0.25, 0.3) is 5.91 Å². The summed E-state index contributed by atoms with van der Waals surface area (Å²) in [6, 6.07) is 8.80. The van der Waals surface area contributed by atoms with Gasteiger partial charge in [0, 0.05) is 11.2 Å². The molecular weight excluding hydrogens is 304 g/mol. The number of hydrogen-bond donors (Lipinski definition) is 1. The molecule has 0 spiro atoms. The van der Waals surface area contributed by atoms with Crippen molar-refractivity contribution in [3.05, 3.63) is 59.0 Å². The van der Waals surface area contributed by atoms with Gasteiger partial charge < -0.3 is 9.15 Å². The standard InChI is InChI=1S/C16H15ClN2O3/c1-12-10-14(6-7-15(12)17)22-11-16(20)19-18-8-2-4-13-5-3-9-21-13/h2-10H,11H2,1H3,(H,19,20). The van der Waals surface area contributed by atoms with E-state index in [1.54, 1.807) is 42.7 Å². The van der Waals surface area contributed by atoms with Crippen LogP contribution < -0.4 is 10.2 Å². The van der Waals surface area contributed by atoms with Crippen LogP contribution >= 0.6 is 11.6 Å². The van der Waals surface area contributed by atoms with Gasteiger partial charge in [-0.3, -0.25) is 4.79 Å². The number of allylic oxidation sites excluding steroid dienone is 1. The Balaban J connectivity index is 1.72. The topological polar surface area (TPSA) is 63.8 Å². The number of hydrogen-bond acceptors (Lipinski definition) is 4. The van der Waals surface area contributed by atoms with Gasteiger partial charge in [-0.2, -0.15) is 5.10 Å². The van der Waals surface area contributed by atoms with Gasteiger partial charge in [-0.25, -0.2) is 5.43 Å². The summed E-state index contributed by atoms with van der Waals surface area (Å²) in [5.41, 5.74) is 3.25. The summed E-state index contributed by atoms with van der Waals surface area (Å²) in [6.07, 6.45) is 6.41. The molecule has 0 aliphatic rings. The molecule has 0 fully saturated rings. The highest BCUT2D eigenvalue weighted by Crippen LogP contribution is 2.20. The number of amides is 1. The molecule has 22 heavy (non-hydrogen) atoms. The van der Waals surface area contributed by atoms with Crippen molar-refractivity contribution in [3.8, 4) is 5.75 Å². The Labute approximate surface area is 133 Å². The second-order valence-corrected chi connectivity index (χ2v) is 4.79. The van der Waals surface area contributed by atoms with Crippen LogP contribution in [0.4, 0.5) is 0 Å². The zero-order valence-corrected chi connectivity index (χ0v) is 12.7. The van der Waals surface area contributed by atoms with Crippen molar-refractivity contribution in [2.45, 2.75) is 6.92 Å². The second kappa shape index (κ2) is 8.05. The zero-order chi connectivity index (χ0) is 15.8. The van der Waals surface area contributed by atoms with Crippen molar-refractivity contribution >= 4 is 29.8 Å². The number of halogens is 1. The Bertz CT molecular complexity index is 679. The van der Waals surface area contributed by atoms with Crippen molar-refractivity contribution in [1.82, 2.24) is 5.43 Å². The number of aryl methyl sites for hydroxylation is 1. The number of nitrogens with zero attached hydrogens (tertiary/aromatic N) is 1. The fourth-order valence-corrected chi connectivity index (χ4v) is 1.68. The smallest absolute Gasteiger partial charge is 0.277 e. The van der Waals surface area contributed by atoms with Gasteiger partial charge in [0.1, 0.15) is 11.5 Å². The van der Waals surface area contributed by atoms with Crippen molar-refractivity contribution in [2.75, 3.05) is 6.61 Å². The first kappa shape index (κ1) is 15.9. The number of furan rings is 1. The normalized spacial score (nSPS) is 11.2. The quantitative estimate of drug-likeness (QED) is 0.655. The summed E-state index contributed by atoms with van der Waals surface area (Å²) >= 11 is 5.91. The molecule has 2 rings (SSSR count). The third kappa shape index (κ3) is 5.10. The lowest BCUT2D eigenvalue weighted by Gasteiger charge is -2.06. The predicted molar refractivity (Wildman–Crippen MR) is 86.1 cm³/mol. The molecule has 0 aliphatic heterocycles. The first-order valence-corrected chi connectivity index (χ1v) is 6.94. The monoisotopic (exact) mass is 318 g/mol. The Morgan fingerprint density at radius 1 is 1.45 bits per heavy atom. The summed E-state index contributed by atoms with van der Waals surface area (Å²) < 4.78 is 10.4. The number of hydrazone groups is 1. The van der Waals surface area contributed by atoms with E-state index in [9.17, 15) is 4.79 Å². The van der Waals surface area contributed by atoms with Crippen LogP contribution in [0.5, 0.6) is 5.75 Å². The minimum atomic E-state index is -0.352. The summed E-state index contributed by atoms with van der Waals surface area (Å²) in [4.78, 5) is 11.5. The fraction of sp³-hybridized carbons (Fsp3) is 0.125. The summed E-state index contributed by atoms with van der Waals surface area (Å²) in [5, 5.41) is 4.42. The van der Waals surface area contributed by atoms with E-state index in [0.717, 1.165) is 5.56 Å². The van der Waals surface area contributed by atoms with E-state index in [0.29, 0.717) is 16.5 Å². The molecule has 114 valence electrons. The van der Waals surface area contributed by atoms with Gasteiger partial charge in [-0.15, -0.1) is 0 Å². The van der Waals surface area contributed by atoms with Gasteiger partial charge in [0.15, 0.2) is 6.61 Å². The molecular formula is C16H15ClN2O3. The minimum absolute atomic E-state index is 0.125. The third-order valence-corrected chi connectivity index (χ3v) is 3.08. The van der Waals surface area contributed by atoms with Crippen LogP contribution in [0.3, 0.4) is 0 Å². The largest absolute Gasteiger partial charge is 0.484 e. The first-order chi connectivity index (χ1) is 10.6. The number of nitrogens with one attached hydrogen (secondary N) is 1. The van der Waals surface area contributed by atoms with Crippen molar-refractivity contribution in [2.24, 2.45) is 5.10 Å². The number of carbonyl (C=O) groups is 1. The SMILES string of the molecule is Cc1cc(OCC(=O)NN=CC=Cc2ccco2)ccc1Cl. The number of ether oxygens (including phenoxy) is 1. The molecule has 6 heteroatoms. The molecule has 1 aromatic heterocycles. The lowest BCUT2D eigenvalue weighted by atomic mass is 10.2. The highest BCUT2D eigenvalue weighted by atomic mass is 35.5. The molecule has 5 nitrogen and oxygen atoms in total. The maximum atomic E-state index is 11.5. The lowest BCUT2D eigenvalue weighted by molar-refractivity contribution is -0.123. The van der Waals surface area contributed by atoms with Crippen LogP contribution in [0.15, 0.2) is 52.2 Å². The highest BCUT2D eigenvalue weighted by Gasteiger charge is 2.02. The van der Waals surface area contributed by atoms with E-state index >= 15 is 0 Å². The first-order valence-electron chi connectivity index (χ1n) is 6.56. The number of carbonyl (C=O) groups excluding carboxylic acids is 1. The fourth-order valence-electron chi connectivity index (χ4n) is 1.56. The van der Waals surface area contributed by atoms with Crippen LogP contribution in [0.25, 0.3) is 6.08 Å².